The topological polar surface area (TPSA) is 91.8 Å². The molecule has 0 saturated heterocycles. The number of carbonyl (C=O) groups excluding carboxylic acids is 2. The lowest BCUT2D eigenvalue weighted by Crippen LogP contribution is -2.38. The molecule has 0 aliphatic rings. The fourth-order valence-electron chi connectivity index (χ4n) is 3.01. The van der Waals surface area contributed by atoms with Gasteiger partial charge in [-0.3, -0.25) is 4.79 Å². The predicted molar refractivity (Wildman–Crippen MR) is 106 cm³/mol. The quantitative estimate of drug-likeness (QED) is 0.310. The van der Waals surface area contributed by atoms with E-state index in [9.17, 15) is 15.1 Å². The van der Waals surface area contributed by atoms with Gasteiger partial charge in [-0.05, 0) is 29.3 Å². The number of hydrogen-bond donors (Lipinski definition) is 1. The third-order valence-electron chi connectivity index (χ3n) is 4.31. The zero-order valence-corrected chi connectivity index (χ0v) is 15.3. The number of amides is 1. The number of esters is 1. The van der Waals surface area contributed by atoms with Gasteiger partial charge in [-0.2, -0.15) is 4.79 Å². The van der Waals surface area contributed by atoms with Crippen molar-refractivity contribution >= 4 is 28.4 Å². The van der Waals surface area contributed by atoms with Crippen LogP contribution in [-0.4, -0.2) is 29.0 Å². The number of fused-ring (bicyclic) bond motifs is 1. The van der Waals surface area contributed by atoms with E-state index in [0.29, 0.717) is 11.1 Å². The van der Waals surface area contributed by atoms with Crippen molar-refractivity contribution in [1.29, 1.82) is 0 Å². The van der Waals surface area contributed by atoms with Gasteiger partial charge < -0.3 is 15.6 Å². The molecule has 3 aromatic carbocycles. The second-order valence-electron chi connectivity index (χ2n) is 6.05. The number of carbonyl (C=O) groups is 2. The summed E-state index contributed by atoms with van der Waals surface area (Å²) >= 11 is 0. The van der Waals surface area contributed by atoms with Gasteiger partial charge in [0.25, 0.3) is 5.91 Å². The van der Waals surface area contributed by atoms with E-state index >= 15 is 0 Å². The average Bonchev–Trinajstić information content (AvgIpc) is 2.74. The molecule has 0 spiro atoms. The molecule has 1 unspecified atom stereocenters. The Labute approximate surface area is 162 Å². The van der Waals surface area contributed by atoms with Crippen LogP contribution < -0.4 is 5.32 Å². The summed E-state index contributed by atoms with van der Waals surface area (Å²) in [5, 5.41) is 4.51. The Kier molecular flexibility index (Phi) is 5.94. The van der Waals surface area contributed by atoms with Crippen molar-refractivity contribution in [3.8, 4) is 0 Å². The molecule has 0 fully saturated rings. The van der Waals surface area contributed by atoms with Crippen LogP contribution in [0, 0.1) is 0 Å². The molecule has 1 N–H and O–H groups in total. The van der Waals surface area contributed by atoms with Gasteiger partial charge in [0.1, 0.15) is 0 Å². The van der Waals surface area contributed by atoms with Crippen molar-refractivity contribution < 1.29 is 19.1 Å². The molecule has 0 saturated carbocycles. The number of hydrogen-bond acceptors (Lipinski definition) is 3. The summed E-state index contributed by atoms with van der Waals surface area (Å²) < 4.78 is 4.97. The fraction of sp³-hybridized carbons (Fsp3) is 0.136. The number of benzene rings is 3. The van der Waals surface area contributed by atoms with E-state index in [1.54, 1.807) is 43.3 Å². The lowest BCUT2D eigenvalue weighted by Gasteiger charge is -2.16. The van der Waals surface area contributed by atoms with Gasteiger partial charge in [0.2, 0.25) is 0 Å². The van der Waals surface area contributed by atoms with Gasteiger partial charge in [-0.25, -0.2) is 4.79 Å². The van der Waals surface area contributed by atoms with Crippen molar-refractivity contribution in [3.05, 3.63) is 89.5 Å². The van der Waals surface area contributed by atoms with Gasteiger partial charge in [-0.15, -0.1) is 0 Å². The molecule has 140 valence electrons. The first-order valence-electron chi connectivity index (χ1n) is 8.88. The third-order valence-corrected chi connectivity index (χ3v) is 4.31. The highest BCUT2D eigenvalue weighted by Crippen LogP contribution is 2.21. The summed E-state index contributed by atoms with van der Waals surface area (Å²) in [7, 11) is 0. The molecule has 0 aliphatic heterocycles. The van der Waals surface area contributed by atoms with Gasteiger partial charge in [0.05, 0.1) is 6.61 Å². The first kappa shape index (κ1) is 19.0. The van der Waals surface area contributed by atoms with Crippen LogP contribution in [0.15, 0.2) is 72.8 Å². The Morgan fingerprint density at radius 3 is 2.39 bits per heavy atom. The molecule has 0 aliphatic carbocycles. The highest BCUT2D eigenvalue weighted by molar-refractivity contribution is 6.36. The van der Waals surface area contributed by atoms with Crippen LogP contribution in [0.2, 0.25) is 0 Å². The van der Waals surface area contributed by atoms with Gasteiger partial charge >= 0.3 is 11.7 Å². The standard InChI is InChI=1S/C22H19N3O3/c1-2-28-22(27)20(25-23)19(16-10-4-3-5-11-16)24-21(26)18-14-8-12-15-9-6-7-13-17(15)18/h3-14,19H,2H2,1H3,(H,24,26). The second-order valence-corrected chi connectivity index (χ2v) is 6.05. The van der Waals surface area contributed by atoms with Crippen molar-refractivity contribution in [2.75, 3.05) is 6.61 Å². The molecule has 1 atom stereocenters. The first-order valence-corrected chi connectivity index (χ1v) is 8.88. The maximum atomic E-state index is 13.0. The van der Waals surface area contributed by atoms with Crippen molar-refractivity contribution in [1.82, 2.24) is 5.32 Å². The average molecular weight is 373 g/mol. The largest absolute Gasteiger partial charge is 0.457 e. The van der Waals surface area contributed by atoms with Crippen molar-refractivity contribution in [3.63, 3.8) is 0 Å². The van der Waals surface area contributed by atoms with E-state index in [-0.39, 0.29) is 12.3 Å². The van der Waals surface area contributed by atoms with Gasteiger partial charge in [0.15, 0.2) is 6.04 Å². The Balaban J connectivity index is 2.00. The zero-order valence-electron chi connectivity index (χ0n) is 15.3. The maximum absolute atomic E-state index is 13.0. The summed E-state index contributed by atoms with van der Waals surface area (Å²) in [4.78, 5) is 28.4. The minimum atomic E-state index is -0.961. The SMILES string of the molecule is CCOC(=O)C(=[N+]=[N-])C(NC(=O)c1cccc2ccccc12)c1ccccc1. The summed E-state index contributed by atoms with van der Waals surface area (Å²) in [5.74, 6) is -1.19. The molecule has 28 heavy (non-hydrogen) atoms. The van der Waals surface area contributed by atoms with E-state index in [1.807, 2.05) is 36.4 Å². The highest BCUT2D eigenvalue weighted by Gasteiger charge is 2.35. The Morgan fingerprint density at radius 1 is 1.00 bits per heavy atom. The molecule has 0 heterocycles. The molecule has 6 nitrogen and oxygen atoms in total. The summed E-state index contributed by atoms with van der Waals surface area (Å²) in [6.07, 6.45) is 0. The highest BCUT2D eigenvalue weighted by atomic mass is 16.5. The normalized spacial score (nSPS) is 11.3. The second kappa shape index (κ2) is 8.75. The van der Waals surface area contributed by atoms with Crippen molar-refractivity contribution in [2.45, 2.75) is 13.0 Å². The predicted octanol–water partition coefficient (Wildman–Crippen LogP) is 3.54. The molecular weight excluding hydrogens is 354 g/mol. The van der Waals surface area contributed by atoms with Crippen LogP contribution in [0.4, 0.5) is 0 Å². The Bertz CT molecular complexity index is 1050. The summed E-state index contributed by atoms with van der Waals surface area (Å²) in [6, 6.07) is 20.8. The van der Waals surface area contributed by atoms with Crippen molar-refractivity contribution in [2.24, 2.45) is 0 Å². The Morgan fingerprint density at radius 2 is 1.68 bits per heavy atom. The van der Waals surface area contributed by atoms with E-state index in [0.717, 1.165) is 10.8 Å². The van der Waals surface area contributed by atoms with Crippen LogP contribution in [0.5, 0.6) is 0 Å². The van der Waals surface area contributed by atoms with Crippen LogP contribution in [0.3, 0.4) is 0 Å². The van der Waals surface area contributed by atoms with Crippen LogP contribution in [0.1, 0.15) is 28.9 Å². The minimum absolute atomic E-state index is 0.122. The monoisotopic (exact) mass is 373 g/mol. The number of ether oxygens (including phenoxy) is 1. The zero-order chi connectivity index (χ0) is 19.9. The third kappa shape index (κ3) is 3.98. The fourth-order valence-corrected chi connectivity index (χ4v) is 3.01. The summed E-state index contributed by atoms with van der Waals surface area (Å²) in [5.41, 5.74) is 10.2. The first-order chi connectivity index (χ1) is 13.7. The molecule has 0 aromatic heterocycles. The van der Waals surface area contributed by atoms with Crippen LogP contribution in [-0.2, 0) is 9.53 Å². The molecule has 1 amide bonds. The number of nitrogens with one attached hydrogen (secondary N) is 1. The maximum Gasteiger partial charge on any atom is 0.419 e. The molecular formula is C22H19N3O3. The van der Waals surface area contributed by atoms with Crippen LogP contribution >= 0.6 is 0 Å². The van der Waals surface area contributed by atoms with Crippen LogP contribution in [0.25, 0.3) is 16.3 Å². The van der Waals surface area contributed by atoms with Gasteiger partial charge in [0, 0.05) is 5.56 Å². The van der Waals surface area contributed by atoms with E-state index in [4.69, 9.17) is 4.74 Å². The molecule has 0 radical (unpaired) electrons. The lowest BCUT2D eigenvalue weighted by atomic mass is 10.00. The van der Waals surface area contributed by atoms with Gasteiger partial charge in [-0.1, -0.05) is 66.7 Å². The minimum Gasteiger partial charge on any atom is -0.457 e. The van der Waals surface area contributed by atoms with E-state index in [1.165, 1.54) is 0 Å². The molecule has 3 aromatic rings. The molecule has 6 heteroatoms. The lowest BCUT2D eigenvalue weighted by molar-refractivity contribution is -0.140. The van der Waals surface area contributed by atoms with E-state index in [2.05, 4.69) is 10.1 Å². The summed E-state index contributed by atoms with van der Waals surface area (Å²) in [6.45, 7) is 1.77. The number of rotatable bonds is 6. The molecule has 0 bridgehead atoms. The number of nitrogens with zero attached hydrogens (tertiary/aromatic N) is 2. The smallest absolute Gasteiger partial charge is 0.419 e. The van der Waals surface area contributed by atoms with E-state index < -0.39 is 17.9 Å². The Hall–Kier alpha value is -3.76. The molecule has 3 rings (SSSR count).